The molecule has 1 aliphatic rings. The normalized spacial score (nSPS) is 16.6. The van der Waals surface area contributed by atoms with Gasteiger partial charge in [0.25, 0.3) is 5.89 Å². The third-order valence-electron chi connectivity index (χ3n) is 5.27. The fourth-order valence-corrected chi connectivity index (χ4v) is 3.70. The van der Waals surface area contributed by atoms with E-state index in [0.29, 0.717) is 37.0 Å². The van der Waals surface area contributed by atoms with Crippen LogP contribution in [-0.2, 0) is 11.2 Å². The van der Waals surface area contributed by atoms with Crippen LogP contribution in [0.2, 0.25) is 0 Å². The van der Waals surface area contributed by atoms with Crippen molar-refractivity contribution >= 4 is 16.9 Å². The highest BCUT2D eigenvalue weighted by molar-refractivity contribution is 5.88. The number of carbonyl (C=O) groups excluding carboxylic acids is 1. The smallest absolute Gasteiger partial charge is 0.267 e. The van der Waals surface area contributed by atoms with Crippen molar-refractivity contribution in [3.8, 4) is 11.6 Å². The molecule has 0 spiro atoms. The Labute approximate surface area is 166 Å². The molecule has 0 unspecified atom stereocenters. The molecule has 1 fully saturated rings. The van der Waals surface area contributed by atoms with Crippen molar-refractivity contribution in [1.29, 1.82) is 0 Å². The summed E-state index contributed by atoms with van der Waals surface area (Å²) in [5, 5.41) is 9.21. The lowest BCUT2D eigenvalue weighted by molar-refractivity contribution is -0.129. The van der Waals surface area contributed by atoms with Crippen LogP contribution in [0.3, 0.4) is 0 Å². The molecule has 3 aromatic heterocycles. The molecule has 1 aromatic carbocycles. The maximum Gasteiger partial charge on any atom is 0.267 e. The minimum atomic E-state index is 0.0283. The molecule has 0 aliphatic carbocycles. The highest BCUT2D eigenvalue weighted by Gasteiger charge is 2.31. The minimum Gasteiger partial charge on any atom is -0.464 e. The third-order valence-corrected chi connectivity index (χ3v) is 5.27. The lowest BCUT2D eigenvalue weighted by Gasteiger charge is -2.15. The number of amides is 1. The van der Waals surface area contributed by atoms with Gasteiger partial charge in [-0.3, -0.25) is 9.78 Å². The average molecular weight is 389 g/mol. The van der Waals surface area contributed by atoms with E-state index in [0.717, 1.165) is 28.5 Å². The molecule has 5 rings (SSSR count). The molecule has 0 radical (unpaired) electrons. The molecule has 0 saturated carbocycles. The summed E-state index contributed by atoms with van der Waals surface area (Å²) in [6.45, 7) is 3.25. The zero-order chi connectivity index (χ0) is 19.8. The lowest BCUT2D eigenvalue weighted by atomic mass is 10.1. The molecule has 1 aliphatic heterocycles. The van der Waals surface area contributed by atoms with Gasteiger partial charge < -0.3 is 13.7 Å². The van der Waals surface area contributed by atoms with Gasteiger partial charge in [-0.25, -0.2) is 4.98 Å². The first-order valence-corrected chi connectivity index (χ1v) is 9.51. The Hall–Kier alpha value is -3.55. The van der Waals surface area contributed by atoms with Crippen molar-refractivity contribution in [1.82, 2.24) is 25.1 Å². The second-order valence-corrected chi connectivity index (χ2v) is 7.30. The molecular weight excluding hydrogens is 370 g/mol. The van der Waals surface area contributed by atoms with E-state index in [2.05, 4.69) is 20.2 Å². The van der Waals surface area contributed by atoms with Gasteiger partial charge in [0.15, 0.2) is 0 Å². The summed E-state index contributed by atoms with van der Waals surface area (Å²) >= 11 is 0. The van der Waals surface area contributed by atoms with Crippen molar-refractivity contribution in [3.05, 3.63) is 60.1 Å². The second-order valence-electron chi connectivity index (χ2n) is 7.30. The fraction of sp³-hybridized carbons (Fsp3) is 0.286. The van der Waals surface area contributed by atoms with Gasteiger partial charge in [0.2, 0.25) is 11.8 Å². The van der Waals surface area contributed by atoms with Crippen LogP contribution in [0.4, 0.5) is 0 Å². The predicted molar refractivity (Wildman–Crippen MR) is 104 cm³/mol. The molecule has 8 nitrogen and oxygen atoms in total. The summed E-state index contributed by atoms with van der Waals surface area (Å²) in [6.07, 6.45) is 7.54. The number of fused-ring (bicyclic) bond motifs is 1. The van der Waals surface area contributed by atoms with Crippen LogP contribution in [-0.4, -0.2) is 44.1 Å². The number of likely N-dealkylation sites (tertiary alicyclic amines) is 1. The van der Waals surface area contributed by atoms with Crippen LogP contribution in [0.1, 0.15) is 29.4 Å². The second kappa shape index (κ2) is 7.12. The molecule has 1 amide bonds. The molecular formula is C21H19N5O3. The van der Waals surface area contributed by atoms with E-state index in [1.807, 2.05) is 30.0 Å². The van der Waals surface area contributed by atoms with Gasteiger partial charge in [0.05, 0.1) is 24.8 Å². The third kappa shape index (κ3) is 3.37. The zero-order valence-electron chi connectivity index (χ0n) is 15.9. The number of rotatable bonds is 4. The molecule has 0 N–H and O–H groups in total. The number of hydrogen-bond acceptors (Lipinski definition) is 7. The van der Waals surface area contributed by atoms with Gasteiger partial charge in [0.1, 0.15) is 11.3 Å². The van der Waals surface area contributed by atoms with E-state index >= 15 is 0 Å². The maximum atomic E-state index is 12.8. The van der Waals surface area contributed by atoms with E-state index < -0.39 is 0 Å². The summed E-state index contributed by atoms with van der Waals surface area (Å²) in [5.41, 5.74) is 3.40. The predicted octanol–water partition coefficient (Wildman–Crippen LogP) is 3.14. The first-order valence-electron chi connectivity index (χ1n) is 9.51. The van der Waals surface area contributed by atoms with Crippen molar-refractivity contribution in [2.75, 3.05) is 13.1 Å². The SMILES string of the molecule is Cc1ccc2c(CC(=O)N3CC[C@@H](c4nnc(-c5cnccn5)o4)C3)coc2c1. The van der Waals surface area contributed by atoms with E-state index in [1.165, 1.54) is 0 Å². The van der Waals surface area contributed by atoms with Crippen molar-refractivity contribution < 1.29 is 13.6 Å². The molecule has 146 valence electrons. The van der Waals surface area contributed by atoms with Gasteiger partial charge in [-0.15, -0.1) is 10.2 Å². The molecule has 1 saturated heterocycles. The van der Waals surface area contributed by atoms with Crippen LogP contribution in [0.25, 0.3) is 22.6 Å². The summed E-state index contributed by atoms with van der Waals surface area (Å²) in [6, 6.07) is 6.03. The Morgan fingerprint density at radius 2 is 2.21 bits per heavy atom. The number of aromatic nitrogens is 4. The van der Waals surface area contributed by atoms with Crippen LogP contribution in [0.5, 0.6) is 0 Å². The van der Waals surface area contributed by atoms with Crippen molar-refractivity contribution in [3.63, 3.8) is 0 Å². The Bertz CT molecular complexity index is 1170. The van der Waals surface area contributed by atoms with Gasteiger partial charge >= 0.3 is 0 Å². The zero-order valence-corrected chi connectivity index (χ0v) is 15.9. The highest BCUT2D eigenvalue weighted by Crippen LogP contribution is 2.29. The average Bonchev–Trinajstić information content (AvgIpc) is 3.48. The largest absolute Gasteiger partial charge is 0.464 e. The fourth-order valence-electron chi connectivity index (χ4n) is 3.70. The molecule has 1 atom stereocenters. The maximum absolute atomic E-state index is 12.8. The van der Waals surface area contributed by atoms with Crippen LogP contribution < -0.4 is 0 Å². The number of nitrogens with zero attached hydrogens (tertiary/aromatic N) is 5. The Morgan fingerprint density at radius 1 is 1.28 bits per heavy atom. The lowest BCUT2D eigenvalue weighted by Crippen LogP contribution is -2.29. The minimum absolute atomic E-state index is 0.0283. The van der Waals surface area contributed by atoms with Gasteiger partial charge in [-0.05, 0) is 25.0 Å². The van der Waals surface area contributed by atoms with Crippen molar-refractivity contribution in [2.24, 2.45) is 0 Å². The van der Waals surface area contributed by atoms with E-state index in [4.69, 9.17) is 8.83 Å². The van der Waals surface area contributed by atoms with Crippen LogP contribution in [0.15, 0.2) is 51.9 Å². The van der Waals surface area contributed by atoms with Gasteiger partial charge in [-0.2, -0.15) is 0 Å². The topological polar surface area (TPSA) is 98.2 Å². The van der Waals surface area contributed by atoms with Gasteiger partial charge in [0, 0.05) is 36.4 Å². The monoisotopic (exact) mass is 389 g/mol. The summed E-state index contributed by atoms with van der Waals surface area (Å²) in [7, 11) is 0. The summed E-state index contributed by atoms with van der Waals surface area (Å²) < 4.78 is 11.4. The number of carbonyl (C=O) groups is 1. The van der Waals surface area contributed by atoms with Crippen LogP contribution >= 0.6 is 0 Å². The van der Waals surface area contributed by atoms with E-state index in [-0.39, 0.29) is 11.8 Å². The van der Waals surface area contributed by atoms with Gasteiger partial charge in [-0.1, -0.05) is 12.1 Å². The number of hydrogen-bond donors (Lipinski definition) is 0. The number of furan rings is 1. The standard InChI is InChI=1S/C21H19N5O3/c1-13-2-3-16-15(12-28-18(16)8-13)9-19(27)26-7-4-14(11-26)20-24-25-21(29-20)17-10-22-5-6-23-17/h2-3,5-6,8,10,12,14H,4,7,9,11H2,1H3/t14-/m1/s1. The molecule has 29 heavy (non-hydrogen) atoms. The number of benzene rings is 1. The first kappa shape index (κ1) is 17.5. The molecule has 0 bridgehead atoms. The highest BCUT2D eigenvalue weighted by atomic mass is 16.4. The molecule has 4 heterocycles. The van der Waals surface area contributed by atoms with Crippen molar-refractivity contribution in [2.45, 2.75) is 25.7 Å². The Morgan fingerprint density at radius 3 is 3.07 bits per heavy atom. The Kier molecular flexibility index (Phi) is 4.31. The summed E-state index contributed by atoms with van der Waals surface area (Å²) in [5.74, 6) is 0.980. The summed E-state index contributed by atoms with van der Waals surface area (Å²) in [4.78, 5) is 22.9. The van der Waals surface area contributed by atoms with Crippen LogP contribution in [0, 0.1) is 6.92 Å². The molecule has 8 heteroatoms. The van der Waals surface area contributed by atoms with E-state index in [9.17, 15) is 4.79 Å². The van der Waals surface area contributed by atoms with E-state index in [1.54, 1.807) is 24.9 Å². The molecule has 4 aromatic rings. The number of aryl methyl sites for hydroxylation is 1. The first-order chi connectivity index (χ1) is 14.2. The quantitative estimate of drug-likeness (QED) is 0.529. The Balaban J connectivity index is 1.27.